The van der Waals surface area contributed by atoms with E-state index in [4.69, 9.17) is 17.3 Å². The number of hydrogen-bond acceptors (Lipinski definition) is 5. The zero-order chi connectivity index (χ0) is 27.5. The number of nitrogens with two attached hydrogens (primary N) is 2. The Morgan fingerprint density at radius 2 is 1.78 bits per heavy atom. The number of rotatable bonds is 6. The molecule has 4 N–H and O–H groups in total. The van der Waals surface area contributed by atoms with Gasteiger partial charge in [-0.2, -0.15) is 0 Å². The van der Waals surface area contributed by atoms with Crippen LogP contribution in [0.15, 0.2) is 55.5 Å². The van der Waals surface area contributed by atoms with Gasteiger partial charge in [-0.3, -0.25) is 11.6 Å². The van der Waals surface area contributed by atoms with Crippen LogP contribution in [0.5, 0.6) is 0 Å². The van der Waals surface area contributed by atoms with Crippen LogP contribution in [0.25, 0.3) is 11.0 Å². The molecule has 0 aliphatic carbocycles. The SMILES string of the molecule is C=C1N(Cc2nc3ccc(Cl)cc3[n-]2)c2cnccc2C1(CC)CCC.CCC(C)(C)N.CN.[Bk].[CH-]=C. The van der Waals surface area contributed by atoms with Gasteiger partial charge in [0.05, 0.1) is 11.9 Å². The van der Waals surface area contributed by atoms with Gasteiger partial charge in [-0.15, -0.1) is 0 Å². The summed E-state index contributed by atoms with van der Waals surface area (Å²) >= 11 is 6.08. The molecule has 0 spiro atoms. The van der Waals surface area contributed by atoms with Crippen LogP contribution in [0.3, 0.4) is 0 Å². The molecule has 1 atom stereocenters. The van der Waals surface area contributed by atoms with Gasteiger partial charge in [0.2, 0.25) is 0 Å². The summed E-state index contributed by atoms with van der Waals surface area (Å²) in [6, 6.07) is 7.76. The van der Waals surface area contributed by atoms with Gasteiger partial charge in [-0.25, -0.2) is 0 Å². The second kappa shape index (κ2) is 14.8. The van der Waals surface area contributed by atoms with E-state index in [1.807, 2.05) is 44.4 Å². The van der Waals surface area contributed by atoms with Gasteiger partial charge in [0.15, 0.2) is 0 Å². The van der Waals surface area contributed by atoms with Crippen LogP contribution in [0.4, 0.5) is 5.69 Å². The molecule has 1 aliphatic heterocycles. The van der Waals surface area contributed by atoms with Crippen molar-refractivity contribution in [1.82, 2.24) is 15.0 Å². The summed E-state index contributed by atoms with van der Waals surface area (Å²) in [4.78, 5) is 15.9. The third kappa shape index (κ3) is 7.66. The summed E-state index contributed by atoms with van der Waals surface area (Å²) in [6.45, 7) is 22.7. The van der Waals surface area contributed by atoms with Crippen molar-refractivity contribution in [1.29, 1.82) is 0 Å². The van der Waals surface area contributed by atoms with Crippen LogP contribution >= 0.6 is 11.6 Å². The van der Waals surface area contributed by atoms with Gasteiger partial charge >= 0.3 is 0 Å². The second-order valence-electron chi connectivity index (χ2n) is 9.23. The molecule has 2 aromatic heterocycles. The molecule has 1 unspecified atom stereocenters. The first-order valence-corrected chi connectivity index (χ1v) is 12.8. The number of anilines is 1. The van der Waals surface area contributed by atoms with Crippen molar-refractivity contribution in [3.05, 3.63) is 78.5 Å². The maximum absolute atomic E-state index is 6.08. The van der Waals surface area contributed by atoms with E-state index in [9.17, 15) is 0 Å². The molecular weight excluding hydrogens is 715 g/mol. The van der Waals surface area contributed by atoms with E-state index in [1.165, 1.54) is 12.6 Å². The standard InChI is InChI=1S/C21H22ClN4.C5H13N.C2H3.CH5N.Bk/c1-4-9-21(5-2)14(3)26(19-12-23-10-8-16(19)21)13-20-24-17-7-6-15(22)11-18(17)25-20;1-4-5(2,3)6;2*1-2;/h6-8,10-12H,3-5,9,13H2,1-2H3;4,6H2,1-3H3;1H,2H2;2H2,1H3;/q-1;;-1;;. The number of allylic oxidation sites excluding steroid dienone is 1. The Kier molecular flexibility index (Phi) is 13.3. The molecule has 8 heteroatoms. The van der Waals surface area contributed by atoms with Crippen molar-refractivity contribution < 1.29 is 0 Å². The van der Waals surface area contributed by atoms with Crippen LogP contribution in [-0.2, 0) is 12.0 Å². The molecular formula is C29H43BkClN6-2. The molecule has 6 nitrogen and oxygen atoms in total. The molecule has 0 fully saturated rings. The summed E-state index contributed by atoms with van der Waals surface area (Å²) in [5.74, 6) is 0.779. The van der Waals surface area contributed by atoms with E-state index in [2.05, 4.69) is 72.2 Å². The number of nitrogens with zero attached hydrogens (tertiary/aromatic N) is 4. The van der Waals surface area contributed by atoms with Gasteiger partial charge in [-0.1, -0.05) is 57.3 Å². The van der Waals surface area contributed by atoms with Gasteiger partial charge < -0.3 is 32.9 Å². The Morgan fingerprint density at radius 3 is 2.32 bits per heavy atom. The zero-order valence-corrected chi connectivity index (χ0v) is 26.7. The first kappa shape index (κ1) is 33.3. The molecule has 0 saturated carbocycles. The summed E-state index contributed by atoms with van der Waals surface area (Å²) in [7, 11) is 1.50. The first-order chi connectivity index (χ1) is 17.1. The van der Waals surface area contributed by atoms with Gasteiger partial charge in [-0.05, 0) is 75.0 Å². The smallest absolute Gasteiger partial charge is 0.0640 e. The molecule has 207 valence electrons. The van der Waals surface area contributed by atoms with Crippen LogP contribution in [0.1, 0.15) is 71.7 Å². The largest absolute Gasteiger partial charge is 0.521 e. The molecule has 3 aromatic rings. The molecule has 4 rings (SSSR count). The average molecular weight is 758 g/mol. The molecule has 0 bridgehead atoms. The van der Waals surface area contributed by atoms with Gasteiger partial charge in [0.1, 0.15) is 0 Å². The minimum Gasteiger partial charge on any atom is -0.521 e. The number of halogens is 1. The fourth-order valence-corrected chi connectivity index (χ4v) is 4.38. The third-order valence-electron chi connectivity index (χ3n) is 6.41. The Morgan fingerprint density at radius 1 is 1.16 bits per heavy atom. The third-order valence-corrected chi connectivity index (χ3v) is 6.65. The summed E-state index contributed by atoms with van der Waals surface area (Å²) < 4.78 is 0. The average Bonchev–Trinajstić information content (AvgIpc) is 3.39. The van der Waals surface area contributed by atoms with Crippen LogP contribution < -0.4 is 21.4 Å². The van der Waals surface area contributed by atoms with Crippen molar-refractivity contribution >= 4 is 28.3 Å². The second-order valence-corrected chi connectivity index (χ2v) is 9.66. The Hall–Kier alpha value is -3.67. The number of fused-ring (bicyclic) bond motifs is 2. The van der Waals surface area contributed by atoms with Crippen molar-refractivity contribution in [3.63, 3.8) is 0 Å². The first-order valence-electron chi connectivity index (χ1n) is 12.4. The molecule has 1 radical (unpaired) electrons. The van der Waals surface area contributed by atoms with Crippen LogP contribution in [-0.4, -0.2) is 22.6 Å². The van der Waals surface area contributed by atoms with Gasteiger partial charge in [0, 0.05) is 34.4 Å². The normalized spacial score (nSPS) is 15.8. The summed E-state index contributed by atoms with van der Waals surface area (Å²) in [5.41, 5.74) is 15.3. The van der Waals surface area contributed by atoms with Crippen molar-refractivity contribution in [2.45, 2.75) is 77.8 Å². The maximum atomic E-state index is 6.08. The molecule has 0 amide bonds. The molecule has 0 saturated heterocycles. The number of aromatic nitrogens is 3. The Bertz CT molecular complexity index is 1110. The maximum Gasteiger partial charge on any atom is 0.0640 e. The number of pyridine rings is 1. The van der Waals surface area contributed by atoms with Crippen molar-refractivity contribution in [2.24, 2.45) is 11.5 Å². The number of hydrogen-bond donors (Lipinski definition) is 2. The van der Waals surface area contributed by atoms with E-state index in [1.54, 1.807) is 0 Å². The molecule has 1 aromatic carbocycles. The fourth-order valence-electron chi connectivity index (χ4n) is 4.22. The van der Waals surface area contributed by atoms with E-state index in [0.29, 0.717) is 11.6 Å². The fraction of sp³-hybridized carbons (Fsp3) is 0.448. The van der Waals surface area contributed by atoms with Crippen molar-refractivity contribution in [2.75, 3.05) is 11.9 Å². The van der Waals surface area contributed by atoms with E-state index >= 15 is 0 Å². The van der Waals surface area contributed by atoms with E-state index < -0.39 is 0 Å². The van der Waals surface area contributed by atoms with Crippen LogP contribution in [0.2, 0.25) is 5.02 Å². The summed E-state index contributed by atoms with van der Waals surface area (Å²) in [6.07, 6.45) is 8.07. The minimum absolute atomic E-state index is 0. The topological polar surface area (TPSA) is 95.2 Å². The van der Waals surface area contributed by atoms with E-state index in [0.717, 1.165) is 53.9 Å². The summed E-state index contributed by atoms with van der Waals surface area (Å²) in [5, 5.41) is 0.678. The Labute approximate surface area is 222 Å². The molecule has 37 heavy (non-hydrogen) atoms. The van der Waals surface area contributed by atoms with E-state index in [-0.39, 0.29) is 11.0 Å². The monoisotopic (exact) mass is 757 g/mol. The molecule has 1 aliphatic rings. The quantitative estimate of drug-likeness (QED) is 0.278. The Balaban J connectivity index is 0.00000103. The molecule has 3 heterocycles. The number of imidazole rings is 1. The van der Waals surface area contributed by atoms with Gasteiger partial charge in [0.25, 0.3) is 0 Å². The van der Waals surface area contributed by atoms with Crippen LogP contribution in [0, 0.1) is 6.58 Å². The number of benzene rings is 1. The predicted molar refractivity (Wildman–Crippen MR) is 155 cm³/mol. The zero-order valence-electron chi connectivity index (χ0n) is 23.1. The minimum atomic E-state index is -0.0254. The predicted octanol–water partition coefficient (Wildman–Crippen LogP) is 6.54. The van der Waals surface area contributed by atoms with Crippen molar-refractivity contribution in [3.8, 4) is 0 Å².